The maximum absolute atomic E-state index is 6.25. The van der Waals surface area contributed by atoms with Crippen molar-refractivity contribution in [2.24, 2.45) is 0 Å². The van der Waals surface area contributed by atoms with Crippen molar-refractivity contribution in [3.63, 3.8) is 0 Å². The Hall–Kier alpha value is -0.790. The molecule has 2 N–H and O–H groups in total. The summed E-state index contributed by atoms with van der Waals surface area (Å²) >= 11 is 8.50. The molecule has 0 bridgehead atoms. The van der Waals surface area contributed by atoms with Gasteiger partial charge in [0.25, 0.3) is 0 Å². The molecule has 4 nitrogen and oxygen atoms in total. The summed E-state index contributed by atoms with van der Waals surface area (Å²) in [6.07, 6.45) is 0.807. The molecular formula is C12H11ClIN3O. The maximum atomic E-state index is 6.25. The lowest BCUT2D eigenvalue weighted by molar-refractivity contribution is 0.110. The molecule has 1 aromatic carbocycles. The van der Waals surface area contributed by atoms with E-state index in [1.54, 1.807) is 0 Å². The van der Waals surface area contributed by atoms with Crippen LogP contribution in [0, 0.1) is 3.57 Å². The largest absolute Gasteiger partial charge is 0.382 e. The smallest absolute Gasteiger partial charge is 0.151 e. The zero-order valence-electron chi connectivity index (χ0n) is 9.49. The van der Waals surface area contributed by atoms with Crippen molar-refractivity contribution in [1.82, 2.24) is 9.78 Å². The van der Waals surface area contributed by atoms with Crippen molar-refractivity contribution < 1.29 is 4.74 Å². The number of fused-ring (bicyclic) bond motifs is 1. The van der Waals surface area contributed by atoms with Gasteiger partial charge < -0.3 is 10.5 Å². The van der Waals surface area contributed by atoms with Gasteiger partial charge in [-0.05, 0) is 40.8 Å². The van der Waals surface area contributed by atoms with Crippen molar-refractivity contribution in [3.8, 4) is 5.69 Å². The highest BCUT2D eigenvalue weighted by atomic mass is 127. The number of anilines is 1. The van der Waals surface area contributed by atoms with Crippen LogP contribution in [0.1, 0.15) is 11.3 Å². The molecule has 0 unspecified atom stereocenters. The van der Waals surface area contributed by atoms with Crippen LogP contribution in [0.5, 0.6) is 0 Å². The van der Waals surface area contributed by atoms with Gasteiger partial charge in [0.05, 0.1) is 29.6 Å². The highest BCUT2D eigenvalue weighted by molar-refractivity contribution is 14.1. The van der Waals surface area contributed by atoms with Crippen LogP contribution in [0.3, 0.4) is 0 Å². The van der Waals surface area contributed by atoms with Gasteiger partial charge in [0.2, 0.25) is 0 Å². The van der Waals surface area contributed by atoms with Gasteiger partial charge in [-0.15, -0.1) is 5.10 Å². The van der Waals surface area contributed by atoms with Crippen LogP contribution in [0.2, 0.25) is 5.02 Å². The number of hydrogen-bond acceptors (Lipinski definition) is 3. The summed E-state index contributed by atoms with van der Waals surface area (Å²) in [5, 5.41) is 5.06. The molecule has 0 saturated carbocycles. The second kappa shape index (κ2) is 4.71. The standard InChI is InChI=1S/C12H11ClIN3O/c13-9-2-1-7(14)5-11(9)17-10-3-4-18-6-8(10)12(15)16-17/h1-2,5H,3-4,6H2,(H2,15,16). The molecule has 0 spiro atoms. The first-order valence-corrected chi connectivity index (χ1v) is 7.02. The molecule has 0 aliphatic carbocycles. The third-order valence-electron chi connectivity index (χ3n) is 2.99. The number of hydrogen-bond donors (Lipinski definition) is 1. The SMILES string of the molecule is Nc1nn(-c2cc(I)ccc2Cl)c2c1COCC2. The van der Waals surface area contributed by atoms with Gasteiger partial charge in [0, 0.05) is 15.6 Å². The molecule has 94 valence electrons. The third-order valence-corrected chi connectivity index (χ3v) is 3.98. The Morgan fingerprint density at radius 2 is 2.28 bits per heavy atom. The summed E-state index contributed by atoms with van der Waals surface area (Å²) in [7, 11) is 0. The summed E-state index contributed by atoms with van der Waals surface area (Å²) in [6, 6.07) is 5.85. The maximum Gasteiger partial charge on any atom is 0.151 e. The van der Waals surface area contributed by atoms with Crippen LogP contribution < -0.4 is 5.73 Å². The summed E-state index contributed by atoms with van der Waals surface area (Å²) in [5.74, 6) is 0.527. The predicted molar refractivity (Wildman–Crippen MR) is 79.1 cm³/mol. The van der Waals surface area contributed by atoms with Crippen LogP contribution in [0.15, 0.2) is 18.2 Å². The molecule has 3 rings (SSSR count). The molecule has 6 heteroatoms. The van der Waals surface area contributed by atoms with Crippen LogP contribution in [0.25, 0.3) is 5.69 Å². The van der Waals surface area contributed by atoms with Crippen LogP contribution in [-0.2, 0) is 17.8 Å². The number of nitrogen functional groups attached to an aromatic ring is 1. The molecule has 18 heavy (non-hydrogen) atoms. The fourth-order valence-corrected chi connectivity index (χ4v) is 2.78. The number of benzene rings is 1. The van der Waals surface area contributed by atoms with Crippen molar-refractivity contribution in [2.75, 3.05) is 12.3 Å². The second-order valence-corrected chi connectivity index (χ2v) is 5.77. The molecule has 1 aliphatic heterocycles. The van der Waals surface area contributed by atoms with E-state index in [9.17, 15) is 0 Å². The molecule has 0 amide bonds. The molecule has 0 atom stereocenters. The summed E-state index contributed by atoms with van der Waals surface area (Å²) in [6.45, 7) is 1.22. The van der Waals surface area contributed by atoms with Crippen LogP contribution in [-0.4, -0.2) is 16.4 Å². The van der Waals surface area contributed by atoms with Crippen molar-refractivity contribution in [2.45, 2.75) is 13.0 Å². The molecule has 0 radical (unpaired) electrons. The fraction of sp³-hybridized carbons (Fsp3) is 0.250. The lowest BCUT2D eigenvalue weighted by Gasteiger charge is -2.15. The van der Waals surface area contributed by atoms with E-state index in [1.165, 1.54) is 0 Å². The van der Waals surface area contributed by atoms with Gasteiger partial charge in [0.15, 0.2) is 5.82 Å². The number of aromatic nitrogens is 2. The van der Waals surface area contributed by atoms with Gasteiger partial charge in [0.1, 0.15) is 0 Å². The first-order chi connectivity index (χ1) is 8.66. The van der Waals surface area contributed by atoms with Gasteiger partial charge in [-0.3, -0.25) is 0 Å². The van der Waals surface area contributed by atoms with E-state index in [1.807, 2.05) is 22.9 Å². The Labute approximate surface area is 123 Å². The Morgan fingerprint density at radius 3 is 3.11 bits per heavy atom. The number of ether oxygens (including phenoxy) is 1. The van der Waals surface area contributed by atoms with E-state index in [0.717, 1.165) is 26.9 Å². The molecule has 1 aromatic heterocycles. The topological polar surface area (TPSA) is 53.1 Å². The number of halogens is 2. The lowest BCUT2D eigenvalue weighted by Crippen LogP contribution is -2.13. The average Bonchev–Trinajstić information content (AvgIpc) is 2.71. The fourth-order valence-electron chi connectivity index (χ4n) is 2.11. The summed E-state index contributed by atoms with van der Waals surface area (Å²) < 4.78 is 8.37. The molecule has 0 saturated heterocycles. The van der Waals surface area contributed by atoms with Crippen LogP contribution in [0.4, 0.5) is 5.82 Å². The van der Waals surface area contributed by atoms with E-state index in [4.69, 9.17) is 22.1 Å². The Kier molecular flexibility index (Phi) is 3.21. The third kappa shape index (κ3) is 2.00. The predicted octanol–water partition coefficient (Wildman–Crippen LogP) is 2.79. The zero-order valence-corrected chi connectivity index (χ0v) is 12.4. The average molecular weight is 376 g/mol. The number of nitrogens with two attached hydrogens (primary N) is 1. The van der Waals surface area contributed by atoms with E-state index < -0.39 is 0 Å². The molecule has 2 aromatic rings. The van der Waals surface area contributed by atoms with Crippen molar-refractivity contribution in [3.05, 3.63) is 38.0 Å². The number of rotatable bonds is 1. The minimum absolute atomic E-state index is 0.527. The van der Waals surface area contributed by atoms with E-state index >= 15 is 0 Å². The molecule has 2 heterocycles. The van der Waals surface area contributed by atoms with Crippen molar-refractivity contribution in [1.29, 1.82) is 0 Å². The number of nitrogens with zero attached hydrogens (tertiary/aromatic N) is 2. The molecule has 1 aliphatic rings. The minimum Gasteiger partial charge on any atom is -0.382 e. The second-order valence-electron chi connectivity index (χ2n) is 4.12. The van der Waals surface area contributed by atoms with Crippen LogP contribution >= 0.6 is 34.2 Å². The van der Waals surface area contributed by atoms with E-state index in [0.29, 0.717) is 24.1 Å². The van der Waals surface area contributed by atoms with Gasteiger partial charge in [-0.2, -0.15) is 0 Å². The zero-order chi connectivity index (χ0) is 12.7. The molecule has 0 fully saturated rings. The first-order valence-electron chi connectivity index (χ1n) is 5.56. The Balaban J connectivity index is 2.20. The van der Waals surface area contributed by atoms with Crippen molar-refractivity contribution >= 4 is 40.0 Å². The summed E-state index contributed by atoms with van der Waals surface area (Å²) in [4.78, 5) is 0. The van der Waals surface area contributed by atoms with Gasteiger partial charge in [-0.1, -0.05) is 11.6 Å². The first kappa shape index (κ1) is 12.3. The van der Waals surface area contributed by atoms with E-state index in [2.05, 4.69) is 27.7 Å². The summed E-state index contributed by atoms with van der Waals surface area (Å²) in [5.41, 5.74) is 8.89. The van der Waals surface area contributed by atoms with Gasteiger partial charge >= 0.3 is 0 Å². The Morgan fingerprint density at radius 1 is 1.44 bits per heavy atom. The molecular weight excluding hydrogens is 365 g/mol. The highest BCUT2D eigenvalue weighted by Crippen LogP contribution is 2.29. The normalized spacial score (nSPS) is 14.6. The van der Waals surface area contributed by atoms with E-state index in [-0.39, 0.29) is 0 Å². The quantitative estimate of drug-likeness (QED) is 0.780. The highest BCUT2D eigenvalue weighted by Gasteiger charge is 2.21. The van der Waals surface area contributed by atoms with Gasteiger partial charge in [-0.25, -0.2) is 4.68 Å². The Bertz CT molecular complexity index is 612. The lowest BCUT2D eigenvalue weighted by atomic mass is 10.1. The monoisotopic (exact) mass is 375 g/mol. The minimum atomic E-state index is 0.527.